The molecule has 58 valence electrons. The molecular formula is C9H18N+. The summed E-state index contributed by atoms with van der Waals surface area (Å²) in [6.07, 6.45) is 5.93. The summed E-state index contributed by atoms with van der Waals surface area (Å²) < 4.78 is 1.30. The predicted octanol–water partition coefficient (Wildman–Crippen LogP) is 1.78. The van der Waals surface area contributed by atoms with Gasteiger partial charge in [-0.3, -0.25) is 0 Å². The maximum absolute atomic E-state index is 2.41. The zero-order chi connectivity index (χ0) is 7.41. The quantitative estimate of drug-likeness (QED) is 0.355. The van der Waals surface area contributed by atoms with E-state index in [2.05, 4.69) is 21.0 Å². The van der Waals surface area contributed by atoms with Crippen LogP contribution in [0.25, 0.3) is 0 Å². The van der Waals surface area contributed by atoms with E-state index >= 15 is 0 Å². The first-order valence-corrected chi connectivity index (χ1v) is 4.45. The average molecular weight is 140 g/mol. The molecule has 1 aliphatic carbocycles. The summed E-state index contributed by atoms with van der Waals surface area (Å²) >= 11 is 0. The Morgan fingerprint density at radius 3 is 1.80 bits per heavy atom. The summed E-state index contributed by atoms with van der Waals surface area (Å²) in [5.74, 6) is 0. The molecule has 1 saturated heterocycles. The van der Waals surface area contributed by atoms with Gasteiger partial charge in [-0.2, -0.15) is 0 Å². The van der Waals surface area contributed by atoms with Gasteiger partial charge in [0.2, 0.25) is 0 Å². The second kappa shape index (κ2) is 1.58. The molecule has 1 heterocycles. The standard InChI is InChI=1S/C9H18N/c1-8-9(10(8,2)3)6-4-5-7-9/h8H,4-7H2,1-3H3/q+1. The van der Waals surface area contributed by atoms with E-state index in [1.807, 2.05) is 0 Å². The maximum atomic E-state index is 2.41. The zero-order valence-electron chi connectivity index (χ0n) is 7.35. The van der Waals surface area contributed by atoms with Crippen LogP contribution in [0.15, 0.2) is 0 Å². The normalized spacial score (nSPS) is 40.5. The summed E-state index contributed by atoms with van der Waals surface area (Å²) in [4.78, 5) is 0. The van der Waals surface area contributed by atoms with Crippen LogP contribution in [0.1, 0.15) is 32.6 Å². The molecule has 2 aliphatic rings. The molecule has 1 heteroatoms. The third kappa shape index (κ3) is 0.493. The van der Waals surface area contributed by atoms with E-state index in [4.69, 9.17) is 0 Å². The molecule has 0 aromatic rings. The molecule has 1 saturated carbocycles. The second-order valence-electron chi connectivity index (χ2n) is 4.53. The van der Waals surface area contributed by atoms with Crippen molar-refractivity contribution in [1.29, 1.82) is 0 Å². The van der Waals surface area contributed by atoms with Crippen molar-refractivity contribution in [2.24, 2.45) is 0 Å². The van der Waals surface area contributed by atoms with Gasteiger partial charge in [-0.05, 0) is 19.8 Å². The first kappa shape index (κ1) is 6.66. The van der Waals surface area contributed by atoms with E-state index in [0.717, 1.165) is 11.6 Å². The van der Waals surface area contributed by atoms with Crippen molar-refractivity contribution >= 4 is 0 Å². The molecule has 0 bridgehead atoms. The Hall–Kier alpha value is -0.0400. The topological polar surface area (TPSA) is 0 Å². The second-order valence-corrected chi connectivity index (χ2v) is 4.53. The molecule has 0 N–H and O–H groups in total. The minimum Gasteiger partial charge on any atom is -0.311 e. The fraction of sp³-hybridized carbons (Fsp3) is 1.00. The summed E-state index contributed by atoms with van der Waals surface area (Å²) in [6, 6.07) is 0.940. The van der Waals surface area contributed by atoms with Gasteiger partial charge in [-0.15, -0.1) is 0 Å². The van der Waals surface area contributed by atoms with E-state index in [1.54, 1.807) is 0 Å². The number of hydrogen-bond acceptors (Lipinski definition) is 0. The molecule has 0 aromatic carbocycles. The lowest BCUT2D eigenvalue weighted by atomic mass is 10.0. The van der Waals surface area contributed by atoms with Crippen molar-refractivity contribution in [2.45, 2.75) is 44.2 Å². The molecular weight excluding hydrogens is 122 g/mol. The largest absolute Gasteiger partial charge is 0.311 e. The van der Waals surface area contributed by atoms with Crippen molar-refractivity contribution in [3.8, 4) is 0 Å². The smallest absolute Gasteiger partial charge is 0.151 e. The molecule has 10 heavy (non-hydrogen) atoms. The zero-order valence-corrected chi connectivity index (χ0v) is 7.35. The third-order valence-corrected chi connectivity index (χ3v) is 4.30. The highest BCUT2D eigenvalue weighted by Crippen LogP contribution is 2.56. The average Bonchev–Trinajstić information content (AvgIpc) is 2.43. The van der Waals surface area contributed by atoms with Gasteiger partial charge in [-0.25, -0.2) is 0 Å². The van der Waals surface area contributed by atoms with Gasteiger partial charge in [0.25, 0.3) is 0 Å². The number of nitrogens with zero attached hydrogens (tertiary/aromatic N) is 1. The Bertz CT molecular complexity index is 154. The monoisotopic (exact) mass is 140 g/mol. The van der Waals surface area contributed by atoms with Crippen LogP contribution < -0.4 is 0 Å². The molecule has 1 spiro atoms. The Balaban J connectivity index is 2.20. The fourth-order valence-corrected chi connectivity index (χ4v) is 3.07. The molecule has 1 atom stereocenters. The van der Waals surface area contributed by atoms with Crippen molar-refractivity contribution in [3.63, 3.8) is 0 Å². The highest BCUT2D eigenvalue weighted by Gasteiger charge is 2.72. The van der Waals surface area contributed by atoms with Crippen LogP contribution in [0.3, 0.4) is 0 Å². The lowest BCUT2D eigenvalue weighted by molar-refractivity contribution is -0.798. The van der Waals surface area contributed by atoms with E-state index < -0.39 is 0 Å². The van der Waals surface area contributed by atoms with Crippen LogP contribution in [0.2, 0.25) is 0 Å². The lowest BCUT2D eigenvalue weighted by Crippen LogP contribution is -2.25. The van der Waals surface area contributed by atoms with Crippen LogP contribution in [-0.2, 0) is 0 Å². The predicted molar refractivity (Wildman–Crippen MR) is 42.8 cm³/mol. The molecule has 2 fully saturated rings. The van der Waals surface area contributed by atoms with Gasteiger partial charge >= 0.3 is 0 Å². The highest BCUT2D eigenvalue weighted by atomic mass is 15.5. The molecule has 0 aromatic heterocycles. The van der Waals surface area contributed by atoms with Crippen molar-refractivity contribution in [2.75, 3.05) is 14.1 Å². The Kier molecular flexibility index (Phi) is 1.05. The van der Waals surface area contributed by atoms with Crippen LogP contribution in [0.5, 0.6) is 0 Å². The van der Waals surface area contributed by atoms with E-state index in [-0.39, 0.29) is 0 Å². The van der Waals surface area contributed by atoms with E-state index in [9.17, 15) is 0 Å². The summed E-state index contributed by atoms with van der Waals surface area (Å²) in [5.41, 5.74) is 0.736. The minimum atomic E-state index is 0.736. The molecule has 2 rings (SSSR count). The van der Waals surface area contributed by atoms with Crippen molar-refractivity contribution in [1.82, 2.24) is 0 Å². The SMILES string of the molecule is CC1C2(CCCC2)[N+]1(C)C. The summed E-state index contributed by atoms with van der Waals surface area (Å²) in [6.45, 7) is 2.41. The van der Waals surface area contributed by atoms with Gasteiger partial charge in [0.15, 0.2) is 5.54 Å². The molecule has 1 aliphatic heterocycles. The van der Waals surface area contributed by atoms with Gasteiger partial charge < -0.3 is 4.48 Å². The number of rotatable bonds is 0. The van der Waals surface area contributed by atoms with Crippen molar-refractivity contribution in [3.05, 3.63) is 0 Å². The van der Waals surface area contributed by atoms with E-state index in [0.29, 0.717) is 0 Å². The van der Waals surface area contributed by atoms with Crippen LogP contribution in [-0.4, -0.2) is 30.2 Å². The van der Waals surface area contributed by atoms with Crippen molar-refractivity contribution < 1.29 is 4.48 Å². The molecule has 1 nitrogen and oxygen atoms in total. The van der Waals surface area contributed by atoms with Gasteiger partial charge in [0.05, 0.1) is 14.1 Å². The Morgan fingerprint density at radius 2 is 1.60 bits per heavy atom. The van der Waals surface area contributed by atoms with Crippen LogP contribution >= 0.6 is 0 Å². The van der Waals surface area contributed by atoms with Gasteiger partial charge in [0.1, 0.15) is 6.04 Å². The number of quaternary nitrogens is 1. The maximum Gasteiger partial charge on any atom is 0.151 e. The van der Waals surface area contributed by atoms with Gasteiger partial charge in [-0.1, -0.05) is 0 Å². The fourth-order valence-electron chi connectivity index (χ4n) is 3.07. The first-order valence-electron chi connectivity index (χ1n) is 4.45. The summed E-state index contributed by atoms with van der Waals surface area (Å²) in [7, 11) is 4.77. The lowest BCUT2D eigenvalue weighted by Gasteiger charge is -2.11. The first-order chi connectivity index (χ1) is 4.61. The van der Waals surface area contributed by atoms with Crippen LogP contribution in [0.4, 0.5) is 0 Å². The number of hydrogen-bond donors (Lipinski definition) is 0. The van der Waals surface area contributed by atoms with Gasteiger partial charge in [0, 0.05) is 12.8 Å². The minimum absolute atomic E-state index is 0.736. The van der Waals surface area contributed by atoms with Crippen LogP contribution in [0, 0.1) is 0 Å². The molecule has 0 amide bonds. The Labute approximate surface area is 63.6 Å². The molecule has 0 radical (unpaired) electrons. The molecule has 1 unspecified atom stereocenters. The third-order valence-electron chi connectivity index (χ3n) is 4.30. The highest BCUT2D eigenvalue weighted by molar-refractivity contribution is 5.03. The van der Waals surface area contributed by atoms with E-state index in [1.165, 1.54) is 30.2 Å². The number of likely N-dealkylation sites (N-methyl/N-ethyl adjacent to an activating group) is 1. The Morgan fingerprint density at radius 1 is 1.20 bits per heavy atom. The summed E-state index contributed by atoms with van der Waals surface area (Å²) in [5, 5.41) is 0.